The first-order valence-corrected chi connectivity index (χ1v) is 11.1. The second-order valence-corrected chi connectivity index (χ2v) is 8.69. The molecule has 0 atom stereocenters. The molecule has 0 radical (unpaired) electrons. The van der Waals surface area contributed by atoms with Crippen LogP contribution in [0.5, 0.6) is 0 Å². The number of aryl methyl sites for hydroxylation is 1. The lowest BCUT2D eigenvalue weighted by Gasteiger charge is -2.23. The summed E-state index contributed by atoms with van der Waals surface area (Å²) in [6.45, 7) is 2.54. The molecule has 0 saturated carbocycles. The van der Waals surface area contributed by atoms with Gasteiger partial charge in [0.2, 0.25) is 0 Å². The highest BCUT2D eigenvalue weighted by molar-refractivity contribution is 6.31. The van der Waals surface area contributed by atoms with Gasteiger partial charge in [-0.05, 0) is 56.5 Å². The summed E-state index contributed by atoms with van der Waals surface area (Å²) in [5.74, 6) is 1.06. The van der Waals surface area contributed by atoms with E-state index in [9.17, 15) is 13.2 Å². The number of hydrogen-bond donors (Lipinski definition) is 1. The third kappa shape index (κ3) is 3.95. The van der Waals surface area contributed by atoms with Crippen LogP contribution < -0.4 is 5.32 Å². The molecule has 4 nitrogen and oxygen atoms in total. The van der Waals surface area contributed by atoms with E-state index in [1.54, 1.807) is 12.1 Å². The fourth-order valence-electron chi connectivity index (χ4n) is 4.57. The van der Waals surface area contributed by atoms with Crippen molar-refractivity contribution < 1.29 is 13.2 Å². The number of halogens is 4. The summed E-state index contributed by atoms with van der Waals surface area (Å²) in [6, 6.07) is 14.3. The minimum Gasteiger partial charge on any atom is -0.323 e. The van der Waals surface area contributed by atoms with E-state index in [2.05, 4.69) is 15.3 Å². The summed E-state index contributed by atoms with van der Waals surface area (Å²) >= 11 is 6.09. The Morgan fingerprint density at radius 3 is 2.50 bits per heavy atom. The van der Waals surface area contributed by atoms with E-state index in [1.165, 1.54) is 6.07 Å². The molecule has 32 heavy (non-hydrogen) atoms. The minimum absolute atomic E-state index is 0.114. The van der Waals surface area contributed by atoms with Crippen LogP contribution in [0.15, 0.2) is 48.5 Å². The molecule has 1 saturated heterocycles. The van der Waals surface area contributed by atoms with Crippen LogP contribution in [0.2, 0.25) is 5.02 Å². The molecule has 0 spiro atoms. The monoisotopic (exact) mass is 458 g/mol. The van der Waals surface area contributed by atoms with Crippen molar-refractivity contribution in [2.24, 2.45) is 5.92 Å². The Hall–Kier alpha value is -2.64. The number of piperidine rings is 1. The van der Waals surface area contributed by atoms with Gasteiger partial charge in [0.15, 0.2) is 5.69 Å². The van der Waals surface area contributed by atoms with Crippen molar-refractivity contribution in [3.63, 3.8) is 0 Å². The van der Waals surface area contributed by atoms with Gasteiger partial charge in [-0.3, -0.25) is 0 Å². The van der Waals surface area contributed by atoms with Crippen LogP contribution >= 0.6 is 11.6 Å². The second kappa shape index (κ2) is 8.37. The number of alkyl halides is 3. The fraction of sp³-hybridized carbons (Fsp3) is 0.333. The predicted molar refractivity (Wildman–Crippen MR) is 121 cm³/mol. The van der Waals surface area contributed by atoms with Gasteiger partial charge >= 0.3 is 6.18 Å². The Kier molecular flexibility index (Phi) is 5.55. The number of aromatic nitrogens is 3. The molecule has 4 aromatic rings. The number of pyridine rings is 1. The van der Waals surface area contributed by atoms with Gasteiger partial charge in [-0.25, -0.2) is 9.97 Å². The van der Waals surface area contributed by atoms with E-state index in [-0.39, 0.29) is 11.0 Å². The van der Waals surface area contributed by atoms with Crippen LogP contribution in [0.4, 0.5) is 13.2 Å². The first-order valence-electron chi connectivity index (χ1n) is 10.7. The summed E-state index contributed by atoms with van der Waals surface area (Å²) in [4.78, 5) is 8.46. The lowest BCUT2D eigenvalue weighted by Crippen LogP contribution is -2.28. The highest BCUT2D eigenvalue weighted by Gasteiger charge is 2.37. The van der Waals surface area contributed by atoms with Gasteiger partial charge in [-0.2, -0.15) is 13.2 Å². The number of fused-ring (bicyclic) bond motifs is 3. The number of rotatable bonds is 4. The van der Waals surface area contributed by atoms with Gasteiger partial charge in [0.1, 0.15) is 11.3 Å². The molecule has 1 fully saturated rings. The molecular formula is C24H22ClF3N4. The van der Waals surface area contributed by atoms with Gasteiger partial charge in [-0.15, -0.1) is 0 Å². The Balaban J connectivity index is 1.76. The Morgan fingerprint density at radius 1 is 1.03 bits per heavy atom. The number of hydrogen-bond acceptors (Lipinski definition) is 3. The second-order valence-electron chi connectivity index (χ2n) is 8.25. The van der Waals surface area contributed by atoms with E-state index in [0.29, 0.717) is 34.2 Å². The molecule has 8 heteroatoms. The van der Waals surface area contributed by atoms with Crippen molar-refractivity contribution in [1.82, 2.24) is 19.9 Å². The van der Waals surface area contributed by atoms with Crippen LogP contribution in [0.25, 0.3) is 33.3 Å². The van der Waals surface area contributed by atoms with Crippen LogP contribution in [-0.4, -0.2) is 27.6 Å². The predicted octanol–water partition coefficient (Wildman–Crippen LogP) is 6.31. The molecule has 0 bridgehead atoms. The standard InChI is InChI=1S/C24H22ClF3N4/c25-17-6-7-18-19(14-17)30-22(24(26,27)28)20-21(18)32(13-10-15-8-11-29-12-9-15)23(31-20)16-4-2-1-3-5-16/h1-7,14-15,29H,8-13H2. The first kappa shape index (κ1) is 21.2. The molecular weight excluding hydrogens is 437 g/mol. The average molecular weight is 459 g/mol. The smallest absolute Gasteiger partial charge is 0.323 e. The molecule has 166 valence electrons. The summed E-state index contributed by atoms with van der Waals surface area (Å²) in [5.41, 5.74) is 0.382. The maximum atomic E-state index is 14.0. The Bertz CT molecular complexity index is 1260. The number of nitrogens with one attached hydrogen (secondary N) is 1. The van der Waals surface area contributed by atoms with E-state index in [0.717, 1.165) is 37.9 Å². The highest BCUT2D eigenvalue weighted by Crippen LogP contribution is 2.39. The van der Waals surface area contributed by atoms with Crippen molar-refractivity contribution in [1.29, 1.82) is 0 Å². The zero-order valence-corrected chi connectivity index (χ0v) is 18.0. The normalized spacial score (nSPS) is 15.6. The van der Waals surface area contributed by atoms with Crippen molar-refractivity contribution >= 4 is 33.5 Å². The van der Waals surface area contributed by atoms with Crippen molar-refractivity contribution in [2.45, 2.75) is 32.0 Å². The third-order valence-corrected chi connectivity index (χ3v) is 6.39. The molecule has 1 aliphatic heterocycles. The van der Waals surface area contributed by atoms with Gasteiger partial charge in [0.05, 0.1) is 11.0 Å². The lowest BCUT2D eigenvalue weighted by molar-refractivity contribution is -0.139. The molecule has 0 unspecified atom stereocenters. The molecule has 2 aromatic carbocycles. The number of imidazole rings is 1. The maximum Gasteiger partial charge on any atom is 0.435 e. The zero-order chi connectivity index (χ0) is 22.3. The van der Waals surface area contributed by atoms with Crippen LogP contribution in [-0.2, 0) is 12.7 Å². The van der Waals surface area contributed by atoms with Crippen molar-refractivity contribution in [3.05, 3.63) is 59.2 Å². The third-order valence-electron chi connectivity index (χ3n) is 6.16. The quantitative estimate of drug-likeness (QED) is 0.389. The molecule has 1 N–H and O–H groups in total. The Labute approximate surface area is 188 Å². The average Bonchev–Trinajstić information content (AvgIpc) is 3.17. The SMILES string of the molecule is FC(F)(F)c1nc2cc(Cl)ccc2c2c1nc(-c1ccccc1)n2CCC1CCNCC1. The van der Waals surface area contributed by atoms with E-state index in [1.807, 2.05) is 34.9 Å². The van der Waals surface area contributed by atoms with Crippen molar-refractivity contribution in [3.8, 4) is 11.4 Å². The maximum absolute atomic E-state index is 14.0. The number of benzene rings is 2. The van der Waals surface area contributed by atoms with Gasteiger partial charge < -0.3 is 9.88 Å². The number of nitrogens with zero attached hydrogens (tertiary/aromatic N) is 3. The summed E-state index contributed by atoms with van der Waals surface area (Å²) in [6.07, 6.45) is -1.61. The molecule has 2 aromatic heterocycles. The largest absolute Gasteiger partial charge is 0.435 e. The molecule has 0 amide bonds. The molecule has 1 aliphatic rings. The summed E-state index contributed by atoms with van der Waals surface area (Å²) < 4.78 is 44.0. The fourth-order valence-corrected chi connectivity index (χ4v) is 4.73. The Morgan fingerprint density at radius 2 is 1.78 bits per heavy atom. The molecule has 5 rings (SSSR count). The highest BCUT2D eigenvalue weighted by atomic mass is 35.5. The topological polar surface area (TPSA) is 42.7 Å². The minimum atomic E-state index is -4.63. The van der Waals surface area contributed by atoms with Crippen LogP contribution in [0, 0.1) is 5.92 Å². The zero-order valence-electron chi connectivity index (χ0n) is 17.3. The van der Waals surface area contributed by atoms with Crippen LogP contribution in [0.3, 0.4) is 0 Å². The molecule has 3 heterocycles. The van der Waals surface area contributed by atoms with Crippen molar-refractivity contribution in [2.75, 3.05) is 13.1 Å². The van der Waals surface area contributed by atoms with Gasteiger partial charge in [-0.1, -0.05) is 41.9 Å². The van der Waals surface area contributed by atoms with Crippen LogP contribution in [0.1, 0.15) is 25.0 Å². The summed E-state index contributed by atoms with van der Waals surface area (Å²) in [7, 11) is 0. The van der Waals surface area contributed by atoms with E-state index >= 15 is 0 Å². The lowest BCUT2D eigenvalue weighted by atomic mass is 9.94. The van der Waals surface area contributed by atoms with Gasteiger partial charge in [0.25, 0.3) is 0 Å². The molecule has 0 aliphatic carbocycles. The van der Waals surface area contributed by atoms with E-state index in [4.69, 9.17) is 11.6 Å². The van der Waals surface area contributed by atoms with E-state index < -0.39 is 11.9 Å². The summed E-state index contributed by atoms with van der Waals surface area (Å²) in [5, 5.41) is 4.33. The van der Waals surface area contributed by atoms with Gasteiger partial charge in [0, 0.05) is 22.5 Å². The first-order chi connectivity index (χ1) is 15.4.